The normalized spacial score (nSPS) is 10.3. The third-order valence-corrected chi connectivity index (χ3v) is 4.44. The van der Waals surface area contributed by atoms with Crippen molar-refractivity contribution in [2.24, 2.45) is 0 Å². The SMILES string of the molecule is CCN(CC)C(=O)c1cccc(NC(=O)c2ccc(Cl)s2)c1. The topological polar surface area (TPSA) is 49.4 Å². The van der Waals surface area contributed by atoms with Gasteiger partial charge >= 0.3 is 0 Å². The summed E-state index contributed by atoms with van der Waals surface area (Å²) in [6, 6.07) is 10.3. The number of halogens is 1. The molecule has 0 bridgehead atoms. The van der Waals surface area contributed by atoms with Crippen molar-refractivity contribution >= 4 is 40.4 Å². The maximum atomic E-state index is 12.3. The van der Waals surface area contributed by atoms with Crippen LogP contribution < -0.4 is 5.32 Å². The highest BCUT2D eigenvalue weighted by Crippen LogP contribution is 2.22. The first-order valence-corrected chi connectivity index (χ1v) is 8.20. The molecule has 0 saturated carbocycles. The van der Waals surface area contributed by atoms with Gasteiger partial charge in [0.1, 0.15) is 0 Å². The van der Waals surface area contributed by atoms with Crippen LogP contribution in [0.3, 0.4) is 0 Å². The van der Waals surface area contributed by atoms with Crippen LogP contribution >= 0.6 is 22.9 Å². The van der Waals surface area contributed by atoms with Crippen molar-refractivity contribution in [1.29, 1.82) is 0 Å². The van der Waals surface area contributed by atoms with Gasteiger partial charge in [-0.15, -0.1) is 11.3 Å². The maximum Gasteiger partial charge on any atom is 0.265 e. The zero-order valence-corrected chi connectivity index (χ0v) is 14.0. The van der Waals surface area contributed by atoms with Gasteiger partial charge in [0.2, 0.25) is 0 Å². The van der Waals surface area contributed by atoms with E-state index in [1.807, 2.05) is 13.8 Å². The second kappa shape index (κ2) is 7.42. The number of rotatable bonds is 5. The summed E-state index contributed by atoms with van der Waals surface area (Å²) >= 11 is 7.05. The molecule has 0 fully saturated rings. The Kier molecular flexibility index (Phi) is 5.57. The molecule has 0 aliphatic heterocycles. The van der Waals surface area contributed by atoms with Crippen molar-refractivity contribution in [1.82, 2.24) is 4.90 Å². The number of thiophene rings is 1. The lowest BCUT2D eigenvalue weighted by molar-refractivity contribution is 0.0772. The summed E-state index contributed by atoms with van der Waals surface area (Å²) in [4.78, 5) is 26.7. The Morgan fingerprint density at radius 2 is 1.91 bits per heavy atom. The van der Waals surface area contributed by atoms with E-state index in [1.54, 1.807) is 41.3 Å². The summed E-state index contributed by atoms with van der Waals surface area (Å²) in [5.74, 6) is -0.274. The zero-order chi connectivity index (χ0) is 16.1. The minimum absolute atomic E-state index is 0.0414. The van der Waals surface area contributed by atoms with Crippen LogP contribution in [-0.4, -0.2) is 29.8 Å². The van der Waals surface area contributed by atoms with Crippen LogP contribution in [0.25, 0.3) is 0 Å². The Hall–Kier alpha value is -1.85. The number of benzene rings is 1. The summed E-state index contributed by atoms with van der Waals surface area (Å²) in [6.07, 6.45) is 0. The van der Waals surface area contributed by atoms with Crippen molar-refractivity contribution in [3.8, 4) is 0 Å². The number of carbonyl (C=O) groups is 2. The van der Waals surface area contributed by atoms with Crippen LogP contribution in [0.15, 0.2) is 36.4 Å². The summed E-state index contributed by atoms with van der Waals surface area (Å²) in [5, 5.41) is 2.78. The molecular formula is C16H17ClN2O2S. The molecule has 2 aromatic rings. The second-order valence-electron chi connectivity index (χ2n) is 4.62. The number of amides is 2. The number of hydrogen-bond donors (Lipinski definition) is 1. The Morgan fingerprint density at radius 3 is 2.50 bits per heavy atom. The molecule has 0 spiro atoms. The average molecular weight is 337 g/mol. The minimum atomic E-state index is -0.232. The fourth-order valence-electron chi connectivity index (χ4n) is 2.05. The summed E-state index contributed by atoms with van der Waals surface area (Å²) in [6.45, 7) is 5.18. The molecule has 22 heavy (non-hydrogen) atoms. The predicted octanol–water partition coefficient (Wildman–Crippen LogP) is 4.14. The number of anilines is 1. The van der Waals surface area contributed by atoms with E-state index in [9.17, 15) is 9.59 Å². The lowest BCUT2D eigenvalue weighted by Crippen LogP contribution is -2.30. The molecule has 0 saturated heterocycles. The second-order valence-corrected chi connectivity index (χ2v) is 6.33. The number of carbonyl (C=O) groups excluding carboxylic acids is 2. The molecule has 0 atom stereocenters. The maximum absolute atomic E-state index is 12.3. The Balaban J connectivity index is 2.15. The van der Waals surface area contributed by atoms with Gasteiger partial charge in [-0.25, -0.2) is 0 Å². The lowest BCUT2D eigenvalue weighted by atomic mass is 10.1. The molecule has 1 N–H and O–H groups in total. The first kappa shape index (κ1) is 16.5. The molecule has 0 aliphatic rings. The molecule has 0 unspecified atom stereocenters. The number of hydrogen-bond acceptors (Lipinski definition) is 3. The molecule has 0 aliphatic carbocycles. The largest absolute Gasteiger partial charge is 0.339 e. The van der Waals surface area contributed by atoms with Gasteiger partial charge in [0.25, 0.3) is 11.8 Å². The fraction of sp³-hybridized carbons (Fsp3) is 0.250. The average Bonchev–Trinajstić information content (AvgIpc) is 2.95. The lowest BCUT2D eigenvalue weighted by Gasteiger charge is -2.18. The van der Waals surface area contributed by atoms with Gasteiger partial charge < -0.3 is 10.2 Å². The van der Waals surface area contributed by atoms with Gasteiger partial charge in [-0.2, -0.15) is 0 Å². The van der Waals surface area contributed by atoms with E-state index in [-0.39, 0.29) is 11.8 Å². The molecule has 116 valence electrons. The third kappa shape index (κ3) is 3.87. The van der Waals surface area contributed by atoms with Gasteiger partial charge in [-0.3, -0.25) is 9.59 Å². The van der Waals surface area contributed by atoms with Crippen LogP contribution in [0.5, 0.6) is 0 Å². The van der Waals surface area contributed by atoms with Gasteiger partial charge in [-0.1, -0.05) is 17.7 Å². The van der Waals surface area contributed by atoms with E-state index in [0.717, 1.165) is 0 Å². The number of nitrogens with one attached hydrogen (secondary N) is 1. The first-order chi connectivity index (χ1) is 10.5. The van der Waals surface area contributed by atoms with Crippen molar-refractivity contribution in [2.75, 3.05) is 18.4 Å². The minimum Gasteiger partial charge on any atom is -0.339 e. The molecule has 1 heterocycles. The Labute approximate surface area is 138 Å². The van der Waals surface area contributed by atoms with Crippen LogP contribution in [-0.2, 0) is 0 Å². The molecular weight excluding hydrogens is 320 g/mol. The number of nitrogens with zero attached hydrogens (tertiary/aromatic N) is 1. The molecule has 1 aromatic heterocycles. The summed E-state index contributed by atoms with van der Waals surface area (Å²) in [7, 11) is 0. The van der Waals surface area contributed by atoms with Crippen LogP contribution in [0.4, 0.5) is 5.69 Å². The van der Waals surface area contributed by atoms with E-state index in [1.165, 1.54) is 11.3 Å². The van der Waals surface area contributed by atoms with Crippen molar-refractivity contribution < 1.29 is 9.59 Å². The predicted molar refractivity (Wildman–Crippen MR) is 91.0 cm³/mol. The molecule has 2 rings (SSSR count). The van der Waals surface area contributed by atoms with Crippen LogP contribution in [0, 0.1) is 0 Å². The Bertz CT molecular complexity index is 680. The van der Waals surface area contributed by atoms with E-state index in [2.05, 4.69) is 5.32 Å². The fourth-order valence-corrected chi connectivity index (χ4v) is 2.99. The summed E-state index contributed by atoms with van der Waals surface area (Å²) in [5.41, 5.74) is 1.15. The standard InChI is InChI=1S/C16H17ClN2O2S/c1-3-19(4-2)16(21)11-6-5-7-12(10-11)18-15(20)13-8-9-14(17)22-13/h5-10H,3-4H2,1-2H3,(H,18,20). The zero-order valence-electron chi connectivity index (χ0n) is 12.4. The van der Waals surface area contributed by atoms with E-state index < -0.39 is 0 Å². The highest BCUT2D eigenvalue weighted by atomic mass is 35.5. The summed E-state index contributed by atoms with van der Waals surface area (Å²) < 4.78 is 0.565. The monoisotopic (exact) mass is 336 g/mol. The van der Waals surface area contributed by atoms with Crippen molar-refractivity contribution in [2.45, 2.75) is 13.8 Å². The molecule has 2 amide bonds. The highest BCUT2D eigenvalue weighted by Gasteiger charge is 2.14. The highest BCUT2D eigenvalue weighted by molar-refractivity contribution is 7.18. The van der Waals surface area contributed by atoms with Crippen molar-refractivity contribution in [3.63, 3.8) is 0 Å². The van der Waals surface area contributed by atoms with Gasteiger partial charge in [0.15, 0.2) is 0 Å². The smallest absolute Gasteiger partial charge is 0.265 e. The van der Waals surface area contributed by atoms with Gasteiger partial charge in [0.05, 0.1) is 9.21 Å². The van der Waals surface area contributed by atoms with E-state index in [0.29, 0.717) is 33.6 Å². The first-order valence-electron chi connectivity index (χ1n) is 7.01. The molecule has 0 radical (unpaired) electrons. The van der Waals surface area contributed by atoms with Crippen LogP contribution in [0.2, 0.25) is 4.34 Å². The molecule has 1 aromatic carbocycles. The Morgan fingerprint density at radius 1 is 1.18 bits per heavy atom. The van der Waals surface area contributed by atoms with Gasteiger partial charge in [0, 0.05) is 24.3 Å². The molecule has 4 nitrogen and oxygen atoms in total. The van der Waals surface area contributed by atoms with Crippen LogP contribution in [0.1, 0.15) is 33.9 Å². The van der Waals surface area contributed by atoms with Gasteiger partial charge in [-0.05, 0) is 44.2 Å². The van der Waals surface area contributed by atoms with E-state index >= 15 is 0 Å². The van der Waals surface area contributed by atoms with E-state index in [4.69, 9.17) is 11.6 Å². The molecule has 6 heteroatoms. The third-order valence-electron chi connectivity index (χ3n) is 3.22. The quantitative estimate of drug-likeness (QED) is 0.892. The van der Waals surface area contributed by atoms with Crippen molar-refractivity contribution in [3.05, 3.63) is 51.2 Å².